The quantitative estimate of drug-likeness (QED) is 0.805. The highest BCUT2D eigenvalue weighted by atomic mass is 16.5. The van der Waals surface area contributed by atoms with Crippen LogP contribution in [0.3, 0.4) is 0 Å². The first-order chi connectivity index (χ1) is 8.72. The highest BCUT2D eigenvalue weighted by Crippen LogP contribution is 2.19. The summed E-state index contributed by atoms with van der Waals surface area (Å²) in [5.74, 6) is 0.671. The fourth-order valence-electron chi connectivity index (χ4n) is 3.19. The number of likely N-dealkylation sites (tertiary alicyclic amines) is 1. The lowest BCUT2D eigenvalue weighted by Gasteiger charge is -2.40. The molecule has 2 rings (SSSR count). The minimum Gasteiger partial charge on any atom is -0.374 e. The van der Waals surface area contributed by atoms with Crippen molar-refractivity contribution in [3.63, 3.8) is 0 Å². The van der Waals surface area contributed by atoms with Crippen LogP contribution in [0, 0.1) is 5.92 Å². The van der Waals surface area contributed by atoms with Gasteiger partial charge in [0.25, 0.3) is 0 Å². The molecule has 2 heterocycles. The zero-order chi connectivity index (χ0) is 13.0. The second kappa shape index (κ2) is 6.85. The predicted molar refractivity (Wildman–Crippen MR) is 74.7 cm³/mol. The van der Waals surface area contributed by atoms with E-state index in [9.17, 15) is 0 Å². The average Bonchev–Trinajstić information content (AvgIpc) is 2.41. The topological polar surface area (TPSA) is 41.7 Å². The van der Waals surface area contributed by atoms with E-state index in [0.717, 1.165) is 52.3 Å². The first-order valence-corrected chi connectivity index (χ1v) is 7.54. The van der Waals surface area contributed by atoms with E-state index in [-0.39, 0.29) is 0 Å². The molecule has 0 aromatic carbocycles. The molecule has 2 saturated heterocycles. The van der Waals surface area contributed by atoms with Gasteiger partial charge in [-0.25, -0.2) is 0 Å². The summed E-state index contributed by atoms with van der Waals surface area (Å²) < 4.78 is 5.89. The van der Waals surface area contributed by atoms with Crippen LogP contribution in [-0.2, 0) is 4.74 Å². The maximum Gasteiger partial charge on any atom is 0.0829 e. The summed E-state index contributed by atoms with van der Waals surface area (Å²) in [5.41, 5.74) is 6.16. The third-order valence-electron chi connectivity index (χ3n) is 4.53. The lowest BCUT2D eigenvalue weighted by atomic mass is 9.90. The van der Waals surface area contributed by atoms with Crippen molar-refractivity contribution < 1.29 is 4.74 Å². The Morgan fingerprint density at radius 2 is 2.00 bits per heavy atom. The molecule has 3 unspecified atom stereocenters. The third kappa shape index (κ3) is 3.67. The molecule has 4 nitrogen and oxygen atoms in total. The fourth-order valence-corrected chi connectivity index (χ4v) is 3.19. The van der Waals surface area contributed by atoms with E-state index in [2.05, 4.69) is 23.6 Å². The van der Waals surface area contributed by atoms with Gasteiger partial charge in [0, 0.05) is 32.2 Å². The number of morpholine rings is 1. The molecule has 18 heavy (non-hydrogen) atoms. The van der Waals surface area contributed by atoms with Crippen LogP contribution in [0.4, 0.5) is 0 Å². The van der Waals surface area contributed by atoms with Gasteiger partial charge in [0.05, 0.1) is 12.7 Å². The zero-order valence-corrected chi connectivity index (χ0v) is 12.0. The molecule has 0 spiro atoms. The molecule has 0 bridgehead atoms. The van der Waals surface area contributed by atoms with Crippen molar-refractivity contribution in [2.45, 2.75) is 38.8 Å². The largest absolute Gasteiger partial charge is 0.374 e. The first kappa shape index (κ1) is 14.3. The molecule has 2 N–H and O–H groups in total. The van der Waals surface area contributed by atoms with Gasteiger partial charge in [-0.2, -0.15) is 0 Å². The minimum atomic E-state index is 0.394. The van der Waals surface area contributed by atoms with E-state index in [0.29, 0.717) is 18.1 Å². The van der Waals surface area contributed by atoms with Gasteiger partial charge in [-0.05, 0) is 25.4 Å². The van der Waals surface area contributed by atoms with E-state index in [1.807, 2.05) is 0 Å². The molecule has 3 atom stereocenters. The number of ether oxygens (including phenoxy) is 1. The Labute approximate surface area is 111 Å². The van der Waals surface area contributed by atoms with Crippen LogP contribution in [0.15, 0.2) is 0 Å². The summed E-state index contributed by atoms with van der Waals surface area (Å²) in [4.78, 5) is 5.04. The summed E-state index contributed by atoms with van der Waals surface area (Å²) in [6, 6.07) is 0.408. The Morgan fingerprint density at radius 3 is 2.72 bits per heavy atom. The maximum absolute atomic E-state index is 6.16. The third-order valence-corrected chi connectivity index (χ3v) is 4.53. The molecule has 0 amide bonds. The molecule has 0 radical (unpaired) electrons. The number of hydrogen-bond donors (Lipinski definition) is 1. The van der Waals surface area contributed by atoms with E-state index < -0.39 is 0 Å². The van der Waals surface area contributed by atoms with E-state index in [1.165, 1.54) is 6.42 Å². The lowest BCUT2D eigenvalue weighted by molar-refractivity contribution is -0.0472. The fraction of sp³-hybridized carbons (Fsp3) is 1.00. The van der Waals surface area contributed by atoms with Crippen LogP contribution < -0.4 is 5.73 Å². The van der Waals surface area contributed by atoms with Crippen molar-refractivity contribution in [2.24, 2.45) is 11.7 Å². The Hall–Kier alpha value is -0.160. The molecule has 2 aliphatic heterocycles. The van der Waals surface area contributed by atoms with Crippen LogP contribution >= 0.6 is 0 Å². The van der Waals surface area contributed by atoms with E-state index in [4.69, 9.17) is 10.5 Å². The van der Waals surface area contributed by atoms with Gasteiger partial charge < -0.3 is 15.4 Å². The zero-order valence-electron chi connectivity index (χ0n) is 12.0. The molecular weight excluding hydrogens is 226 g/mol. The van der Waals surface area contributed by atoms with E-state index in [1.54, 1.807) is 0 Å². The smallest absolute Gasteiger partial charge is 0.0829 e. The van der Waals surface area contributed by atoms with Crippen LogP contribution in [0.5, 0.6) is 0 Å². The molecule has 0 aromatic rings. The van der Waals surface area contributed by atoms with Gasteiger partial charge >= 0.3 is 0 Å². The number of likely N-dealkylation sites (N-methyl/N-ethyl adjacent to an activating group) is 1. The average molecular weight is 255 g/mol. The van der Waals surface area contributed by atoms with Crippen LogP contribution in [0.2, 0.25) is 0 Å². The standard InChI is InChI=1S/C14H29N3O/c1-3-12-9-17(6-5-14(12)15)11-13-10-16(4-2)7-8-18-13/h12-14H,3-11,15H2,1-2H3. The number of hydrogen-bond acceptors (Lipinski definition) is 4. The molecule has 0 saturated carbocycles. The molecule has 106 valence electrons. The van der Waals surface area contributed by atoms with Gasteiger partial charge in [0.1, 0.15) is 0 Å². The Balaban J connectivity index is 1.78. The second-order valence-electron chi connectivity index (χ2n) is 5.77. The lowest BCUT2D eigenvalue weighted by Crippen LogP contribution is -2.52. The molecule has 0 aliphatic carbocycles. The molecule has 2 aliphatic rings. The van der Waals surface area contributed by atoms with Gasteiger partial charge in [-0.1, -0.05) is 20.3 Å². The first-order valence-electron chi connectivity index (χ1n) is 7.54. The van der Waals surface area contributed by atoms with Crippen LogP contribution in [0.25, 0.3) is 0 Å². The van der Waals surface area contributed by atoms with Crippen LogP contribution in [-0.4, -0.2) is 67.8 Å². The maximum atomic E-state index is 6.16. The second-order valence-corrected chi connectivity index (χ2v) is 5.77. The van der Waals surface area contributed by atoms with Crippen LogP contribution in [0.1, 0.15) is 26.7 Å². The van der Waals surface area contributed by atoms with Crippen molar-refractivity contribution in [3.8, 4) is 0 Å². The number of nitrogens with two attached hydrogens (primary N) is 1. The number of rotatable bonds is 4. The van der Waals surface area contributed by atoms with Gasteiger partial charge in [0.2, 0.25) is 0 Å². The summed E-state index contributed by atoms with van der Waals surface area (Å²) in [5, 5.41) is 0. The van der Waals surface area contributed by atoms with Crippen molar-refractivity contribution in [3.05, 3.63) is 0 Å². The van der Waals surface area contributed by atoms with Crippen molar-refractivity contribution in [2.75, 3.05) is 45.9 Å². The highest BCUT2D eigenvalue weighted by Gasteiger charge is 2.28. The Morgan fingerprint density at radius 1 is 1.17 bits per heavy atom. The van der Waals surface area contributed by atoms with E-state index >= 15 is 0 Å². The molecule has 0 aromatic heterocycles. The Kier molecular flexibility index (Phi) is 5.42. The summed E-state index contributed by atoms with van der Waals surface area (Å²) in [7, 11) is 0. The molecule has 4 heteroatoms. The molecular formula is C14H29N3O. The predicted octanol–water partition coefficient (Wildman–Crippen LogP) is 0.766. The summed E-state index contributed by atoms with van der Waals surface area (Å²) >= 11 is 0. The Bertz CT molecular complexity index is 249. The highest BCUT2D eigenvalue weighted by molar-refractivity contribution is 4.84. The van der Waals surface area contributed by atoms with Gasteiger partial charge in [-0.3, -0.25) is 4.90 Å². The summed E-state index contributed by atoms with van der Waals surface area (Å²) in [6.07, 6.45) is 2.73. The van der Waals surface area contributed by atoms with Crippen molar-refractivity contribution >= 4 is 0 Å². The number of nitrogens with zero attached hydrogens (tertiary/aromatic N) is 2. The normalized spacial score (nSPS) is 35.8. The monoisotopic (exact) mass is 255 g/mol. The minimum absolute atomic E-state index is 0.394. The number of piperidine rings is 1. The SMILES string of the molecule is CCC1CN(CC2CN(CC)CCO2)CCC1N. The van der Waals surface area contributed by atoms with Crippen molar-refractivity contribution in [1.82, 2.24) is 9.80 Å². The van der Waals surface area contributed by atoms with Crippen molar-refractivity contribution in [1.29, 1.82) is 0 Å². The van der Waals surface area contributed by atoms with Gasteiger partial charge in [-0.15, -0.1) is 0 Å². The molecule has 2 fully saturated rings. The summed E-state index contributed by atoms with van der Waals surface area (Å²) in [6.45, 7) is 12.1. The van der Waals surface area contributed by atoms with Gasteiger partial charge in [0.15, 0.2) is 0 Å².